The van der Waals surface area contributed by atoms with Gasteiger partial charge in [0.2, 0.25) is 0 Å². The third kappa shape index (κ3) is 3.32. The zero-order valence-corrected chi connectivity index (χ0v) is 13.7. The van der Waals surface area contributed by atoms with Gasteiger partial charge in [-0.15, -0.1) is 0 Å². The molecular weight excluding hydrogens is 349 g/mol. The van der Waals surface area contributed by atoms with Crippen molar-refractivity contribution in [3.05, 3.63) is 34.6 Å². The molecule has 1 aliphatic heterocycles. The molecule has 0 bridgehead atoms. The summed E-state index contributed by atoms with van der Waals surface area (Å²) in [4.78, 5) is 14.2. The summed E-state index contributed by atoms with van der Waals surface area (Å²) in [7, 11) is 0. The SMILES string of the molecule is CC1(C)CN(C(=O)c2cccc(F)c2Cl)CC(CBr)O1. The second-order valence-corrected chi connectivity index (χ2v) is 6.47. The van der Waals surface area contributed by atoms with Gasteiger partial charge in [0, 0.05) is 18.4 Å². The lowest BCUT2D eigenvalue weighted by atomic mass is 10.0. The van der Waals surface area contributed by atoms with E-state index < -0.39 is 11.4 Å². The molecule has 3 nitrogen and oxygen atoms in total. The maximum atomic E-state index is 13.5. The van der Waals surface area contributed by atoms with Crippen LogP contribution in [0.4, 0.5) is 4.39 Å². The van der Waals surface area contributed by atoms with E-state index in [4.69, 9.17) is 16.3 Å². The number of benzene rings is 1. The van der Waals surface area contributed by atoms with Gasteiger partial charge >= 0.3 is 0 Å². The summed E-state index contributed by atoms with van der Waals surface area (Å²) >= 11 is 9.26. The summed E-state index contributed by atoms with van der Waals surface area (Å²) in [5, 5.41) is 0.508. The molecule has 1 fully saturated rings. The molecule has 2 rings (SSSR count). The van der Waals surface area contributed by atoms with Gasteiger partial charge in [-0.05, 0) is 26.0 Å². The van der Waals surface area contributed by atoms with E-state index in [9.17, 15) is 9.18 Å². The Hall–Kier alpha value is -0.650. The monoisotopic (exact) mass is 363 g/mol. The van der Waals surface area contributed by atoms with Gasteiger partial charge in [-0.25, -0.2) is 4.39 Å². The van der Waals surface area contributed by atoms with Crippen molar-refractivity contribution in [2.45, 2.75) is 25.6 Å². The topological polar surface area (TPSA) is 29.5 Å². The molecule has 0 aromatic heterocycles. The number of halogens is 3. The Morgan fingerprint density at radius 3 is 2.95 bits per heavy atom. The van der Waals surface area contributed by atoms with Crippen molar-refractivity contribution in [2.24, 2.45) is 0 Å². The minimum absolute atomic E-state index is 0.0879. The van der Waals surface area contributed by atoms with Crippen LogP contribution in [0, 0.1) is 5.82 Å². The number of hydrogen-bond acceptors (Lipinski definition) is 2. The van der Waals surface area contributed by atoms with Crippen molar-refractivity contribution in [2.75, 3.05) is 18.4 Å². The Morgan fingerprint density at radius 2 is 2.30 bits per heavy atom. The normalized spacial score (nSPS) is 21.9. The van der Waals surface area contributed by atoms with Crippen LogP contribution in [0.2, 0.25) is 5.02 Å². The van der Waals surface area contributed by atoms with Crippen LogP contribution in [0.15, 0.2) is 18.2 Å². The summed E-state index contributed by atoms with van der Waals surface area (Å²) in [6, 6.07) is 4.27. The highest BCUT2D eigenvalue weighted by atomic mass is 79.9. The minimum atomic E-state index is -0.581. The number of ether oxygens (including phenoxy) is 1. The van der Waals surface area contributed by atoms with E-state index in [1.54, 1.807) is 11.0 Å². The van der Waals surface area contributed by atoms with Gasteiger partial charge in [0.25, 0.3) is 5.91 Å². The molecule has 1 aromatic carbocycles. The van der Waals surface area contributed by atoms with Crippen LogP contribution in [0.3, 0.4) is 0 Å². The molecular formula is C14H16BrClFNO2. The first kappa shape index (κ1) is 15.7. The summed E-state index contributed by atoms with van der Waals surface area (Å²) in [6.45, 7) is 4.76. The maximum absolute atomic E-state index is 13.5. The fourth-order valence-corrected chi connectivity index (χ4v) is 2.91. The zero-order valence-electron chi connectivity index (χ0n) is 11.3. The molecule has 1 aliphatic rings. The fraction of sp³-hybridized carbons (Fsp3) is 0.500. The van der Waals surface area contributed by atoms with Crippen molar-refractivity contribution >= 4 is 33.4 Å². The first-order chi connectivity index (χ1) is 9.34. The highest BCUT2D eigenvalue weighted by molar-refractivity contribution is 9.09. The van der Waals surface area contributed by atoms with E-state index in [0.717, 1.165) is 0 Å². The van der Waals surface area contributed by atoms with Crippen LogP contribution in [0.25, 0.3) is 0 Å². The first-order valence-corrected chi connectivity index (χ1v) is 7.81. The van der Waals surface area contributed by atoms with E-state index >= 15 is 0 Å². The molecule has 0 aliphatic carbocycles. The third-order valence-corrected chi connectivity index (χ3v) is 4.23. The highest BCUT2D eigenvalue weighted by Gasteiger charge is 2.36. The lowest BCUT2D eigenvalue weighted by Crippen LogP contribution is -2.55. The van der Waals surface area contributed by atoms with Crippen molar-refractivity contribution in [1.29, 1.82) is 0 Å². The van der Waals surface area contributed by atoms with Gasteiger partial charge in [0.05, 0.1) is 22.3 Å². The highest BCUT2D eigenvalue weighted by Crippen LogP contribution is 2.26. The molecule has 0 radical (unpaired) electrons. The van der Waals surface area contributed by atoms with Gasteiger partial charge < -0.3 is 9.64 Å². The van der Waals surface area contributed by atoms with Crippen LogP contribution in [0.1, 0.15) is 24.2 Å². The summed E-state index contributed by atoms with van der Waals surface area (Å²) in [5.74, 6) is -0.848. The Kier molecular flexibility index (Phi) is 4.72. The summed E-state index contributed by atoms with van der Waals surface area (Å²) in [6.07, 6.45) is -0.0879. The van der Waals surface area contributed by atoms with Crippen molar-refractivity contribution in [1.82, 2.24) is 4.90 Å². The molecule has 110 valence electrons. The number of alkyl halides is 1. The van der Waals surface area contributed by atoms with Gasteiger partial charge in [-0.2, -0.15) is 0 Å². The van der Waals surface area contributed by atoms with Crippen LogP contribution in [-0.2, 0) is 4.74 Å². The number of amides is 1. The Bertz CT molecular complexity index is 524. The van der Waals surface area contributed by atoms with Crippen LogP contribution >= 0.6 is 27.5 Å². The number of nitrogens with zero attached hydrogens (tertiary/aromatic N) is 1. The largest absolute Gasteiger partial charge is 0.368 e. The molecule has 0 saturated carbocycles. The van der Waals surface area contributed by atoms with E-state index in [0.29, 0.717) is 18.4 Å². The van der Waals surface area contributed by atoms with Gasteiger partial charge in [-0.3, -0.25) is 4.79 Å². The molecule has 0 N–H and O–H groups in total. The molecule has 1 unspecified atom stereocenters. The van der Waals surface area contributed by atoms with Crippen molar-refractivity contribution in [3.63, 3.8) is 0 Å². The molecule has 1 heterocycles. The van der Waals surface area contributed by atoms with E-state index in [2.05, 4.69) is 15.9 Å². The van der Waals surface area contributed by atoms with Gasteiger partial charge in [0.15, 0.2) is 0 Å². The number of hydrogen-bond donors (Lipinski definition) is 0. The molecule has 1 amide bonds. The lowest BCUT2D eigenvalue weighted by Gasteiger charge is -2.42. The number of carbonyl (C=O) groups excluding carboxylic acids is 1. The minimum Gasteiger partial charge on any atom is -0.368 e. The predicted octanol–water partition coefficient (Wildman–Crippen LogP) is 3.49. The molecule has 0 spiro atoms. The summed E-state index contributed by atoms with van der Waals surface area (Å²) in [5.41, 5.74) is -0.246. The second kappa shape index (κ2) is 6.00. The molecule has 1 aromatic rings. The standard InChI is InChI=1S/C14H16BrClFNO2/c1-14(2)8-18(7-9(6-15)20-14)13(19)10-4-3-5-11(17)12(10)16/h3-5,9H,6-8H2,1-2H3. The first-order valence-electron chi connectivity index (χ1n) is 6.31. The second-order valence-electron chi connectivity index (χ2n) is 5.44. The van der Waals surface area contributed by atoms with Crippen molar-refractivity contribution < 1.29 is 13.9 Å². The number of morpholine rings is 1. The molecule has 1 atom stereocenters. The average Bonchev–Trinajstić information content (AvgIpc) is 2.39. The van der Waals surface area contributed by atoms with Crippen LogP contribution < -0.4 is 0 Å². The molecule has 6 heteroatoms. The third-order valence-electron chi connectivity index (χ3n) is 3.12. The molecule has 1 saturated heterocycles. The van der Waals surface area contributed by atoms with E-state index in [1.165, 1.54) is 12.1 Å². The Labute approximate surface area is 131 Å². The Morgan fingerprint density at radius 1 is 1.60 bits per heavy atom. The summed E-state index contributed by atoms with van der Waals surface area (Å²) < 4.78 is 19.3. The number of carbonyl (C=O) groups is 1. The fourth-order valence-electron chi connectivity index (χ4n) is 2.37. The Balaban J connectivity index is 2.26. The van der Waals surface area contributed by atoms with Gasteiger partial charge in [-0.1, -0.05) is 33.6 Å². The smallest absolute Gasteiger partial charge is 0.255 e. The lowest BCUT2D eigenvalue weighted by molar-refractivity contribution is -0.116. The number of rotatable bonds is 2. The van der Waals surface area contributed by atoms with Crippen LogP contribution in [0.5, 0.6) is 0 Å². The maximum Gasteiger partial charge on any atom is 0.255 e. The van der Waals surface area contributed by atoms with Crippen molar-refractivity contribution in [3.8, 4) is 0 Å². The predicted molar refractivity (Wildman–Crippen MR) is 80.1 cm³/mol. The van der Waals surface area contributed by atoms with E-state index in [-0.39, 0.29) is 22.6 Å². The molecule has 20 heavy (non-hydrogen) atoms. The van der Waals surface area contributed by atoms with Crippen LogP contribution in [-0.4, -0.2) is 40.9 Å². The zero-order chi connectivity index (χ0) is 14.9. The van der Waals surface area contributed by atoms with Gasteiger partial charge in [0.1, 0.15) is 5.82 Å². The quantitative estimate of drug-likeness (QED) is 0.752. The van der Waals surface area contributed by atoms with E-state index in [1.807, 2.05) is 13.8 Å². The average molecular weight is 365 g/mol.